The first kappa shape index (κ1) is 13.0. The van der Waals surface area contributed by atoms with E-state index in [-0.39, 0.29) is 0 Å². The van der Waals surface area contributed by atoms with Crippen LogP contribution in [0.2, 0.25) is 0 Å². The van der Waals surface area contributed by atoms with Gasteiger partial charge in [-0.3, -0.25) is 0 Å². The summed E-state index contributed by atoms with van der Waals surface area (Å²) < 4.78 is 16.6. The van der Waals surface area contributed by atoms with Gasteiger partial charge in [0, 0.05) is 11.9 Å². The summed E-state index contributed by atoms with van der Waals surface area (Å²) in [6.07, 6.45) is 4.03. The second-order valence-corrected chi connectivity index (χ2v) is 6.43. The standard InChI is InChI=1S/C13H19NOS/c1-12(2)8-7-11-16(15,14-3)13-9-5-4-6-10-13/h4-10,12H,11H2,1-3H3/b8-7+/t16-/m0/s1. The van der Waals surface area contributed by atoms with Gasteiger partial charge in [0.15, 0.2) is 0 Å². The summed E-state index contributed by atoms with van der Waals surface area (Å²) in [7, 11) is -0.640. The minimum absolute atomic E-state index is 0.483. The average molecular weight is 237 g/mol. The number of hydrogen-bond acceptors (Lipinski definition) is 2. The normalized spacial score (nSPS) is 15.2. The zero-order valence-electron chi connectivity index (χ0n) is 10.1. The van der Waals surface area contributed by atoms with Crippen molar-refractivity contribution >= 4 is 9.73 Å². The fourth-order valence-corrected chi connectivity index (χ4v) is 2.87. The summed E-state index contributed by atoms with van der Waals surface area (Å²) in [6.45, 7) is 4.20. The predicted molar refractivity (Wildman–Crippen MR) is 70.0 cm³/mol. The molecule has 0 saturated carbocycles. The Bertz CT molecular complexity index is 454. The van der Waals surface area contributed by atoms with Crippen LogP contribution in [0.15, 0.2) is 51.7 Å². The summed E-state index contributed by atoms with van der Waals surface area (Å²) in [5.74, 6) is 0.974. The van der Waals surface area contributed by atoms with Crippen LogP contribution in [0.3, 0.4) is 0 Å². The summed E-state index contributed by atoms with van der Waals surface area (Å²) in [4.78, 5) is 0.811. The van der Waals surface area contributed by atoms with E-state index in [4.69, 9.17) is 0 Å². The van der Waals surface area contributed by atoms with Gasteiger partial charge in [-0.15, -0.1) is 0 Å². The Balaban J connectivity index is 2.93. The molecule has 0 spiro atoms. The quantitative estimate of drug-likeness (QED) is 0.738. The average Bonchev–Trinajstić information content (AvgIpc) is 2.29. The molecule has 0 aliphatic rings. The van der Waals surface area contributed by atoms with Gasteiger partial charge in [-0.2, -0.15) is 0 Å². The molecule has 3 heteroatoms. The maximum Gasteiger partial charge on any atom is 0.0785 e. The van der Waals surface area contributed by atoms with Crippen molar-refractivity contribution in [2.45, 2.75) is 18.7 Å². The maximum atomic E-state index is 12.5. The third-order valence-corrected chi connectivity index (χ3v) is 4.49. The minimum Gasteiger partial charge on any atom is -0.244 e. The molecular formula is C13H19NOS. The zero-order chi connectivity index (χ0) is 12.0. The van der Waals surface area contributed by atoms with E-state index in [0.29, 0.717) is 11.7 Å². The van der Waals surface area contributed by atoms with Crippen molar-refractivity contribution in [1.82, 2.24) is 0 Å². The number of allylic oxidation sites excluding steroid dienone is 1. The van der Waals surface area contributed by atoms with E-state index in [0.717, 1.165) is 4.90 Å². The highest BCUT2D eigenvalue weighted by molar-refractivity contribution is 7.93. The van der Waals surface area contributed by atoms with E-state index < -0.39 is 9.73 Å². The Morgan fingerprint density at radius 3 is 2.44 bits per heavy atom. The molecule has 88 valence electrons. The molecule has 2 nitrogen and oxygen atoms in total. The Morgan fingerprint density at radius 2 is 1.94 bits per heavy atom. The Labute approximate surface area is 98.6 Å². The van der Waals surface area contributed by atoms with Crippen LogP contribution in [0.25, 0.3) is 0 Å². The van der Waals surface area contributed by atoms with Crippen molar-refractivity contribution in [3.05, 3.63) is 42.5 Å². The fourth-order valence-electron chi connectivity index (χ4n) is 1.37. The van der Waals surface area contributed by atoms with Crippen LogP contribution >= 0.6 is 0 Å². The third-order valence-electron chi connectivity index (χ3n) is 2.25. The van der Waals surface area contributed by atoms with Crippen LogP contribution < -0.4 is 0 Å². The van der Waals surface area contributed by atoms with E-state index >= 15 is 0 Å². The SMILES string of the molecule is CN=[S@](=O)(C/C=C/C(C)C)c1ccccc1. The number of benzene rings is 1. The summed E-state index contributed by atoms with van der Waals surface area (Å²) >= 11 is 0. The molecule has 1 aromatic carbocycles. The third kappa shape index (κ3) is 3.49. The van der Waals surface area contributed by atoms with Gasteiger partial charge in [-0.25, -0.2) is 8.57 Å². The molecule has 1 aromatic rings. The lowest BCUT2D eigenvalue weighted by Crippen LogP contribution is -2.04. The molecule has 0 fully saturated rings. The van der Waals surface area contributed by atoms with Crippen molar-refractivity contribution in [2.75, 3.05) is 12.8 Å². The molecule has 16 heavy (non-hydrogen) atoms. The predicted octanol–water partition coefficient (Wildman–Crippen LogP) is 3.36. The van der Waals surface area contributed by atoms with Crippen molar-refractivity contribution in [3.63, 3.8) is 0 Å². The molecule has 1 rings (SSSR count). The Morgan fingerprint density at radius 1 is 1.31 bits per heavy atom. The maximum absolute atomic E-state index is 12.5. The first-order valence-electron chi connectivity index (χ1n) is 5.43. The van der Waals surface area contributed by atoms with Crippen LogP contribution in [-0.4, -0.2) is 17.0 Å². The van der Waals surface area contributed by atoms with Crippen LogP contribution in [0, 0.1) is 5.92 Å². The van der Waals surface area contributed by atoms with Crippen LogP contribution in [0.5, 0.6) is 0 Å². The fraction of sp³-hybridized carbons (Fsp3) is 0.385. The van der Waals surface area contributed by atoms with E-state index in [1.54, 1.807) is 7.05 Å². The molecule has 0 saturated heterocycles. The molecular weight excluding hydrogens is 218 g/mol. The topological polar surface area (TPSA) is 29.4 Å². The molecule has 0 bridgehead atoms. The summed E-state index contributed by atoms with van der Waals surface area (Å²) in [5.41, 5.74) is 0. The van der Waals surface area contributed by atoms with Gasteiger partial charge in [-0.1, -0.05) is 44.2 Å². The second-order valence-electron chi connectivity index (χ2n) is 3.97. The van der Waals surface area contributed by atoms with Gasteiger partial charge >= 0.3 is 0 Å². The lowest BCUT2D eigenvalue weighted by Gasteiger charge is -2.06. The summed E-state index contributed by atoms with van der Waals surface area (Å²) in [5, 5.41) is 0. The van der Waals surface area contributed by atoms with E-state index in [1.165, 1.54) is 0 Å². The molecule has 0 amide bonds. The molecule has 0 aliphatic carbocycles. The van der Waals surface area contributed by atoms with Gasteiger partial charge in [0.05, 0.1) is 15.5 Å². The molecule has 0 aromatic heterocycles. The number of nitrogens with zero attached hydrogens (tertiary/aromatic N) is 1. The van der Waals surface area contributed by atoms with E-state index in [1.807, 2.05) is 36.4 Å². The lowest BCUT2D eigenvalue weighted by molar-refractivity contribution is 0.678. The molecule has 0 radical (unpaired) electrons. The monoisotopic (exact) mass is 237 g/mol. The lowest BCUT2D eigenvalue weighted by atomic mass is 10.2. The molecule has 0 unspecified atom stereocenters. The smallest absolute Gasteiger partial charge is 0.0785 e. The minimum atomic E-state index is -2.26. The highest BCUT2D eigenvalue weighted by Crippen LogP contribution is 2.13. The highest BCUT2D eigenvalue weighted by Gasteiger charge is 2.08. The van der Waals surface area contributed by atoms with Crippen LogP contribution in [0.1, 0.15) is 13.8 Å². The molecule has 0 heterocycles. The van der Waals surface area contributed by atoms with Crippen molar-refractivity contribution in [3.8, 4) is 0 Å². The zero-order valence-corrected chi connectivity index (χ0v) is 10.9. The summed E-state index contributed by atoms with van der Waals surface area (Å²) in [6, 6.07) is 9.46. The first-order valence-corrected chi connectivity index (χ1v) is 7.11. The van der Waals surface area contributed by atoms with Gasteiger partial charge in [0.2, 0.25) is 0 Å². The van der Waals surface area contributed by atoms with Gasteiger partial charge in [0.25, 0.3) is 0 Å². The second kappa shape index (κ2) is 5.85. The van der Waals surface area contributed by atoms with Crippen LogP contribution in [0.4, 0.5) is 0 Å². The van der Waals surface area contributed by atoms with Gasteiger partial charge < -0.3 is 0 Å². The number of hydrogen-bond donors (Lipinski definition) is 0. The molecule has 0 aliphatic heterocycles. The van der Waals surface area contributed by atoms with E-state index in [2.05, 4.69) is 24.3 Å². The van der Waals surface area contributed by atoms with E-state index in [9.17, 15) is 4.21 Å². The highest BCUT2D eigenvalue weighted by atomic mass is 32.2. The molecule has 1 atom stereocenters. The van der Waals surface area contributed by atoms with Crippen molar-refractivity contribution in [1.29, 1.82) is 0 Å². The van der Waals surface area contributed by atoms with Gasteiger partial charge in [0.1, 0.15) is 0 Å². The molecule has 0 N–H and O–H groups in total. The van der Waals surface area contributed by atoms with Crippen molar-refractivity contribution < 1.29 is 4.21 Å². The number of rotatable bonds is 4. The van der Waals surface area contributed by atoms with Crippen molar-refractivity contribution in [2.24, 2.45) is 10.3 Å². The Hall–Kier alpha value is -1.09. The van der Waals surface area contributed by atoms with Gasteiger partial charge in [-0.05, 0) is 18.1 Å². The van der Waals surface area contributed by atoms with Crippen LogP contribution in [-0.2, 0) is 9.73 Å². The largest absolute Gasteiger partial charge is 0.244 e. The first-order chi connectivity index (χ1) is 7.58. The Kier molecular flexibility index (Phi) is 4.74.